The lowest BCUT2D eigenvalue weighted by Gasteiger charge is -2.50. The molecule has 0 amide bonds. The second-order valence-corrected chi connectivity index (χ2v) is 11.4. The van der Waals surface area contributed by atoms with Gasteiger partial charge in [0.15, 0.2) is 0 Å². The molecule has 0 N–H and O–H groups in total. The summed E-state index contributed by atoms with van der Waals surface area (Å²) in [5, 5.41) is 2.42. The molecule has 4 aromatic carbocycles. The summed E-state index contributed by atoms with van der Waals surface area (Å²) in [6.07, 6.45) is 1.93. The fourth-order valence-electron chi connectivity index (χ4n) is 6.67. The van der Waals surface area contributed by atoms with Gasteiger partial charge in [-0.15, -0.1) is 0 Å². The largest absolute Gasteiger partial charge is 0.309 e. The summed E-state index contributed by atoms with van der Waals surface area (Å²) in [7, 11) is 0. The van der Waals surface area contributed by atoms with E-state index in [9.17, 15) is 0 Å². The first-order chi connectivity index (χ1) is 17.3. The Morgan fingerprint density at radius 1 is 0.639 bits per heavy atom. The standard InChI is InChI=1S/C34H30N2/c1-21-19-23(30-24-12-7-6-11-22(24)17-18-35-30)20-28-31(21)36-29-16-9-8-13-25(29)33(2,3)26-14-10-15-27(32(26)36)34(28,4)5/h6-20H,1-5H3. The van der Waals surface area contributed by atoms with Crippen LogP contribution in [0.5, 0.6) is 0 Å². The molecule has 0 radical (unpaired) electrons. The Morgan fingerprint density at radius 3 is 2.11 bits per heavy atom. The number of rotatable bonds is 1. The Hall–Kier alpha value is -3.91. The number of fused-ring (bicyclic) bond motifs is 5. The van der Waals surface area contributed by atoms with Gasteiger partial charge in [0.25, 0.3) is 0 Å². The van der Waals surface area contributed by atoms with Crippen molar-refractivity contribution in [1.82, 2.24) is 4.98 Å². The van der Waals surface area contributed by atoms with E-state index in [1.54, 1.807) is 0 Å². The highest BCUT2D eigenvalue weighted by atomic mass is 15.2. The van der Waals surface area contributed by atoms with Crippen molar-refractivity contribution in [3.8, 4) is 11.3 Å². The van der Waals surface area contributed by atoms with Gasteiger partial charge >= 0.3 is 0 Å². The van der Waals surface area contributed by atoms with Crippen LogP contribution in [0.15, 0.2) is 91.1 Å². The molecule has 0 atom stereocenters. The van der Waals surface area contributed by atoms with Gasteiger partial charge in [-0.3, -0.25) is 4.98 Å². The van der Waals surface area contributed by atoms with Gasteiger partial charge in [0.2, 0.25) is 0 Å². The second kappa shape index (κ2) is 7.07. The summed E-state index contributed by atoms with van der Waals surface area (Å²) in [4.78, 5) is 7.41. The van der Waals surface area contributed by atoms with Gasteiger partial charge < -0.3 is 4.90 Å². The maximum atomic E-state index is 4.87. The molecule has 2 aliphatic heterocycles. The van der Waals surface area contributed by atoms with Crippen molar-refractivity contribution in [3.63, 3.8) is 0 Å². The molecule has 5 aromatic rings. The molecule has 176 valence electrons. The fraction of sp³-hybridized carbons (Fsp3) is 0.206. The zero-order valence-corrected chi connectivity index (χ0v) is 21.6. The molecular weight excluding hydrogens is 436 g/mol. The Labute approximate surface area is 213 Å². The van der Waals surface area contributed by atoms with Gasteiger partial charge in [-0.05, 0) is 64.4 Å². The third-order valence-corrected chi connectivity index (χ3v) is 8.57. The van der Waals surface area contributed by atoms with E-state index >= 15 is 0 Å². The van der Waals surface area contributed by atoms with Gasteiger partial charge in [-0.1, -0.05) is 88.4 Å². The number of para-hydroxylation sites is 2. The predicted molar refractivity (Wildman–Crippen MR) is 151 cm³/mol. The maximum Gasteiger partial charge on any atom is 0.0780 e. The number of hydrogen-bond acceptors (Lipinski definition) is 2. The number of anilines is 3. The fourth-order valence-corrected chi connectivity index (χ4v) is 6.67. The lowest BCUT2D eigenvalue weighted by Crippen LogP contribution is -2.38. The first-order valence-corrected chi connectivity index (χ1v) is 12.8. The smallest absolute Gasteiger partial charge is 0.0780 e. The normalized spacial score (nSPS) is 16.3. The van der Waals surface area contributed by atoms with E-state index in [0.717, 1.165) is 5.69 Å². The van der Waals surface area contributed by atoms with Crippen LogP contribution in [0.2, 0.25) is 0 Å². The van der Waals surface area contributed by atoms with Crippen molar-refractivity contribution in [3.05, 3.63) is 119 Å². The monoisotopic (exact) mass is 466 g/mol. The Kier molecular flexibility index (Phi) is 4.20. The Morgan fingerprint density at radius 2 is 1.31 bits per heavy atom. The van der Waals surface area contributed by atoms with E-state index in [1.807, 2.05) is 6.20 Å². The molecule has 0 unspecified atom stereocenters. The van der Waals surface area contributed by atoms with Crippen LogP contribution in [-0.4, -0.2) is 4.98 Å². The van der Waals surface area contributed by atoms with Gasteiger partial charge in [-0.25, -0.2) is 0 Å². The van der Waals surface area contributed by atoms with E-state index in [0.29, 0.717) is 0 Å². The summed E-state index contributed by atoms with van der Waals surface area (Å²) in [5.41, 5.74) is 12.8. The minimum Gasteiger partial charge on any atom is -0.309 e. The molecule has 0 aliphatic carbocycles. The lowest BCUT2D eigenvalue weighted by molar-refractivity contribution is 0.597. The van der Waals surface area contributed by atoms with Crippen LogP contribution in [0.4, 0.5) is 17.1 Å². The van der Waals surface area contributed by atoms with Crippen LogP contribution in [-0.2, 0) is 10.8 Å². The molecule has 0 bridgehead atoms. The number of aromatic nitrogens is 1. The predicted octanol–water partition coefficient (Wildman–Crippen LogP) is 8.96. The molecule has 0 saturated carbocycles. The van der Waals surface area contributed by atoms with Gasteiger partial charge in [-0.2, -0.15) is 0 Å². The molecule has 0 fully saturated rings. The molecule has 0 saturated heterocycles. The van der Waals surface area contributed by atoms with Crippen LogP contribution in [0.25, 0.3) is 22.0 Å². The summed E-state index contributed by atoms with van der Waals surface area (Å²) in [6.45, 7) is 11.8. The Balaban J connectivity index is 1.57. The third kappa shape index (κ3) is 2.65. The van der Waals surface area contributed by atoms with Crippen LogP contribution in [0.1, 0.15) is 55.5 Å². The van der Waals surface area contributed by atoms with Crippen molar-refractivity contribution in [2.75, 3.05) is 4.90 Å². The van der Waals surface area contributed by atoms with Crippen LogP contribution in [0, 0.1) is 6.92 Å². The average Bonchev–Trinajstić information content (AvgIpc) is 2.88. The van der Waals surface area contributed by atoms with E-state index in [4.69, 9.17) is 4.98 Å². The minimum atomic E-state index is -0.148. The molecule has 2 heteroatoms. The lowest BCUT2D eigenvalue weighted by atomic mass is 9.66. The quantitative estimate of drug-likeness (QED) is 0.245. The second-order valence-electron chi connectivity index (χ2n) is 11.4. The summed E-state index contributed by atoms with van der Waals surface area (Å²) >= 11 is 0. The number of aryl methyl sites for hydroxylation is 1. The van der Waals surface area contributed by atoms with Crippen molar-refractivity contribution in [2.45, 2.75) is 45.4 Å². The van der Waals surface area contributed by atoms with Crippen molar-refractivity contribution in [1.29, 1.82) is 0 Å². The first-order valence-electron chi connectivity index (χ1n) is 12.8. The highest BCUT2D eigenvalue weighted by molar-refractivity contribution is 5.98. The molecule has 7 rings (SSSR count). The summed E-state index contributed by atoms with van der Waals surface area (Å²) in [6, 6.07) is 31.2. The third-order valence-electron chi connectivity index (χ3n) is 8.57. The van der Waals surface area contributed by atoms with E-state index < -0.39 is 0 Å². The summed E-state index contributed by atoms with van der Waals surface area (Å²) in [5.74, 6) is 0. The highest BCUT2D eigenvalue weighted by Gasteiger charge is 2.45. The van der Waals surface area contributed by atoms with Crippen LogP contribution < -0.4 is 4.90 Å². The van der Waals surface area contributed by atoms with Crippen molar-refractivity contribution >= 4 is 27.8 Å². The minimum absolute atomic E-state index is 0.0628. The highest BCUT2D eigenvalue weighted by Crippen LogP contribution is 2.60. The van der Waals surface area contributed by atoms with Crippen molar-refractivity contribution in [2.24, 2.45) is 0 Å². The zero-order chi connectivity index (χ0) is 24.8. The van der Waals surface area contributed by atoms with Gasteiger partial charge in [0.05, 0.1) is 22.8 Å². The van der Waals surface area contributed by atoms with Gasteiger partial charge in [0, 0.05) is 28.0 Å². The Bertz CT molecular complexity index is 1700. The zero-order valence-electron chi connectivity index (χ0n) is 21.6. The first kappa shape index (κ1) is 21.4. The molecular formula is C34H30N2. The average molecular weight is 467 g/mol. The molecule has 3 heterocycles. The van der Waals surface area contributed by atoms with Gasteiger partial charge in [0.1, 0.15) is 0 Å². The molecule has 0 spiro atoms. The molecule has 2 aliphatic rings. The number of nitrogens with zero attached hydrogens (tertiary/aromatic N) is 2. The molecule has 1 aromatic heterocycles. The summed E-state index contributed by atoms with van der Waals surface area (Å²) < 4.78 is 0. The van der Waals surface area contributed by atoms with E-state index in [-0.39, 0.29) is 10.8 Å². The number of benzene rings is 4. The molecule has 2 nitrogen and oxygen atoms in total. The van der Waals surface area contributed by atoms with E-state index in [2.05, 4.69) is 124 Å². The van der Waals surface area contributed by atoms with Crippen LogP contribution in [0.3, 0.4) is 0 Å². The van der Waals surface area contributed by atoms with Crippen molar-refractivity contribution < 1.29 is 0 Å². The molecule has 36 heavy (non-hydrogen) atoms. The number of pyridine rings is 1. The van der Waals surface area contributed by atoms with E-state index in [1.165, 1.54) is 61.2 Å². The SMILES string of the molecule is Cc1cc(-c2nccc3ccccc23)cc2c1N1c3ccccc3C(C)(C)c3cccc(c31)C2(C)C. The van der Waals surface area contributed by atoms with Crippen LogP contribution >= 0.6 is 0 Å². The maximum absolute atomic E-state index is 4.87. The number of hydrogen-bond donors (Lipinski definition) is 0. The topological polar surface area (TPSA) is 16.1 Å².